The average Bonchev–Trinajstić information content (AvgIpc) is 2.76. The highest BCUT2D eigenvalue weighted by atomic mass is 15.2. The molecule has 2 aromatic rings. The van der Waals surface area contributed by atoms with Crippen LogP contribution in [0.5, 0.6) is 0 Å². The van der Waals surface area contributed by atoms with E-state index in [0.717, 1.165) is 11.4 Å². The Kier molecular flexibility index (Phi) is 5.37. The monoisotopic (exact) mass is 390 g/mol. The summed E-state index contributed by atoms with van der Waals surface area (Å²) in [6.07, 6.45) is 14.5. The van der Waals surface area contributed by atoms with Crippen molar-refractivity contribution >= 4 is 34.7 Å². The van der Waals surface area contributed by atoms with Crippen LogP contribution in [0.4, 0.5) is 17.1 Å². The minimum absolute atomic E-state index is 0.166. The van der Waals surface area contributed by atoms with Crippen LogP contribution in [0.1, 0.15) is 13.8 Å². The normalized spacial score (nSPS) is 15.7. The molecule has 3 heteroatoms. The van der Waals surface area contributed by atoms with Crippen molar-refractivity contribution in [3.8, 4) is 0 Å². The number of para-hydroxylation sites is 1. The van der Waals surface area contributed by atoms with E-state index in [1.807, 2.05) is 19.1 Å². The van der Waals surface area contributed by atoms with Crippen LogP contribution in [0.2, 0.25) is 0 Å². The molecule has 0 radical (unpaired) electrons. The van der Waals surface area contributed by atoms with E-state index >= 15 is 0 Å². The third-order valence-corrected chi connectivity index (χ3v) is 5.83. The van der Waals surface area contributed by atoms with E-state index in [1.54, 1.807) is 0 Å². The molecule has 0 fully saturated rings. The van der Waals surface area contributed by atoms with E-state index < -0.39 is 0 Å². The van der Waals surface area contributed by atoms with Gasteiger partial charge in [-0.15, -0.1) is 0 Å². The summed E-state index contributed by atoms with van der Waals surface area (Å²) in [4.78, 5) is 4.61. The van der Waals surface area contributed by atoms with Crippen LogP contribution in [-0.2, 0) is 0 Å². The number of nitrogens with zero attached hydrogens (tertiary/aromatic N) is 2. The van der Waals surface area contributed by atoms with Crippen LogP contribution < -0.4 is 20.7 Å². The van der Waals surface area contributed by atoms with Gasteiger partial charge in [-0.2, -0.15) is 0 Å². The smallest absolute Gasteiger partial charge is 0.252 e. The summed E-state index contributed by atoms with van der Waals surface area (Å²) in [5.74, 6) is 0. The Hall–Kier alpha value is -3.46. The molecular weight excluding hydrogens is 363 g/mol. The highest BCUT2D eigenvalue weighted by molar-refractivity contribution is 6.95. The molecule has 0 saturated heterocycles. The molecule has 0 unspecified atom stereocenters. The second-order valence-corrected chi connectivity index (χ2v) is 7.47. The van der Waals surface area contributed by atoms with Gasteiger partial charge in [0.05, 0.1) is 0 Å². The number of allylic oxidation sites excluding steroid dienone is 8. The first kappa shape index (κ1) is 19.8. The number of anilines is 3. The third-order valence-electron chi connectivity index (χ3n) is 5.83. The van der Waals surface area contributed by atoms with Crippen molar-refractivity contribution in [1.29, 1.82) is 0 Å². The van der Waals surface area contributed by atoms with Crippen molar-refractivity contribution in [3.63, 3.8) is 0 Å². The van der Waals surface area contributed by atoms with Crippen LogP contribution in [-0.4, -0.2) is 13.8 Å². The zero-order valence-corrected chi connectivity index (χ0v) is 18.0. The van der Waals surface area contributed by atoms with Gasteiger partial charge in [0.2, 0.25) is 0 Å². The minimum Gasteiger partial charge on any atom is -0.345 e. The molecule has 148 valence electrons. The van der Waals surface area contributed by atoms with Crippen molar-refractivity contribution in [2.24, 2.45) is 0 Å². The van der Waals surface area contributed by atoms with Crippen LogP contribution in [0.25, 0.3) is 0 Å². The third kappa shape index (κ3) is 2.90. The van der Waals surface area contributed by atoms with Crippen molar-refractivity contribution in [2.75, 3.05) is 16.8 Å². The zero-order valence-electron chi connectivity index (χ0n) is 18.0. The molecule has 0 aromatic heterocycles. The summed E-state index contributed by atoms with van der Waals surface area (Å²) >= 11 is 0. The van der Waals surface area contributed by atoms with Gasteiger partial charge in [0, 0.05) is 35.5 Å². The molecule has 4 rings (SSSR count). The van der Waals surface area contributed by atoms with Crippen molar-refractivity contribution < 1.29 is 0 Å². The standard InChI is InChI=1S/C27H27BN2/c1-6-13-20(14-7-2)30-24-17-11-10-16-22(24)28-21(15-8-3)23(9-4)29(5)25-18-12-19-26(30)27(25)28/h6-19H,1,4H2,2-3,5H3/b14-7-,15-8-,20-13+. The fraction of sp³-hybridized carbons (Fsp3) is 0.111. The van der Waals surface area contributed by atoms with Crippen LogP contribution in [0.15, 0.2) is 115 Å². The molecule has 0 N–H and O–H groups in total. The predicted molar refractivity (Wildman–Crippen MR) is 134 cm³/mol. The molecule has 0 saturated carbocycles. The van der Waals surface area contributed by atoms with Gasteiger partial charge in [-0.05, 0) is 66.7 Å². The summed E-state index contributed by atoms with van der Waals surface area (Å²) in [7, 11) is 2.13. The van der Waals surface area contributed by atoms with E-state index in [-0.39, 0.29) is 6.71 Å². The van der Waals surface area contributed by atoms with Crippen LogP contribution in [0, 0.1) is 0 Å². The molecule has 0 atom stereocenters. The highest BCUT2D eigenvalue weighted by Gasteiger charge is 2.41. The average molecular weight is 390 g/mol. The lowest BCUT2D eigenvalue weighted by Gasteiger charge is -2.43. The number of benzene rings is 2. The molecule has 2 aromatic carbocycles. The molecule has 2 aliphatic heterocycles. The summed E-state index contributed by atoms with van der Waals surface area (Å²) < 4.78 is 0. The van der Waals surface area contributed by atoms with Gasteiger partial charge < -0.3 is 9.80 Å². The molecular formula is C27H27BN2. The Morgan fingerprint density at radius 3 is 2.37 bits per heavy atom. The number of hydrogen-bond acceptors (Lipinski definition) is 2. The first-order valence-corrected chi connectivity index (χ1v) is 10.4. The molecule has 30 heavy (non-hydrogen) atoms. The summed E-state index contributed by atoms with van der Waals surface area (Å²) in [5.41, 5.74) is 9.80. The van der Waals surface area contributed by atoms with E-state index in [4.69, 9.17) is 0 Å². The van der Waals surface area contributed by atoms with Gasteiger partial charge in [-0.1, -0.05) is 61.7 Å². The van der Waals surface area contributed by atoms with Crippen molar-refractivity contribution in [3.05, 3.63) is 115 Å². The first-order valence-electron chi connectivity index (χ1n) is 10.4. The maximum absolute atomic E-state index is 4.12. The Morgan fingerprint density at radius 1 is 0.933 bits per heavy atom. The van der Waals surface area contributed by atoms with E-state index in [2.05, 4.69) is 110 Å². The molecule has 2 aliphatic rings. The topological polar surface area (TPSA) is 6.48 Å². The Bertz CT molecular complexity index is 1130. The highest BCUT2D eigenvalue weighted by Crippen LogP contribution is 2.39. The van der Waals surface area contributed by atoms with E-state index in [0.29, 0.717) is 0 Å². The predicted octanol–water partition coefficient (Wildman–Crippen LogP) is 5.40. The lowest BCUT2D eigenvalue weighted by molar-refractivity contribution is 1.12. The van der Waals surface area contributed by atoms with Gasteiger partial charge in [-0.25, -0.2) is 0 Å². The molecule has 0 aliphatic carbocycles. The largest absolute Gasteiger partial charge is 0.345 e. The molecule has 0 amide bonds. The maximum atomic E-state index is 4.12. The lowest BCUT2D eigenvalue weighted by Crippen LogP contribution is -2.56. The number of rotatable bonds is 5. The molecule has 2 nitrogen and oxygen atoms in total. The van der Waals surface area contributed by atoms with Gasteiger partial charge >= 0.3 is 0 Å². The first-order chi connectivity index (χ1) is 14.7. The van der Waals surface area contributed by atoms with Gasteiger partial charge in [-0.3, -0.25) is 0 Å². The summed E-state index contributed by atoms with van der Waals surface area (Å²) in [6.45, 7) is 12.4. The number of likely N-dealkylation sites (N-methyl/N-ethyl adjacent to an activating group) is 1. The summed E-state index contributed by atoms with van der Waals surface area (Å²) in [5, 5.41) is 0. The van der Waals surface area contributed by atoms with E-state index in [1.165, 1.54) is 33.5 Å². The molecule has 0 bridgehead atoms. The SMILES string of the molecule is C=C/C=C(\C=C/C)N1c2ccccc2B2C(/C=C\C)=C(C=C)N(C)c3cccc1c32. The molecule has 2 heterocycles. The number of fused-ring (bicyclic) bond motifs is 2. The fourth-order valence-corrected chi connectivity index (χ4v) is 4.73. The molecule has 0 spiro atoms. The Morgan fingerprint density at radius 2 is 1.67 bits per heavy atom. The fourth-order valence-electron chi connectivity index (χ4n) is 4.73. The maximum Gasteiger partial charge on any atom is 0.252 e. The van der Waals surface area contributed by atoms with E-state index in [9.17, 15) is 0 Å². The van der Waals surface area contributed by atoms with Gasteiger partial charge in [0.15, 0.2) is 0 Å². The minimum atomic E-state index is 0.166. The lowest BCUT2D eigenvalue weighted by atomic mass is 9.33. The summed E-state index contributed by atoms with van der Waals surface area (Å²) in [6, 6.07) is 15.3. The Balaban J connectivity index is 2.11. The van der Waals surface area contributed by atoms with Crippen LogP contribution >= 0.6 is 0 Å². The Labute approximate surface area is 180 Å². The second-order valence-electron chi connectivity index (χ2n) is 7.47. The van der Waals surface area contributed by atoms with Gasteiger partial charge in [0.1, 0.15) is 0 Å². The van der Waals surface area contributed by atoms with Crippen molar-refractivity contribution in [1.82, 2.24) is 0 Å². The quantitative estimate of drug-likeness (QED) is 0.498. The number of hydrogen-bond donors (Lipinski definition) is 0. The zero-order chi connectivity index (χ0) is 21.3. The van der Waals surface area contributed by atoms with Crippen molar-refractivity contribution in [2.45, 2.75) is 13.8 Å². The second kappa shape index (κ2) is 8.12. The van der Waals surface area contributed by atoms with Crippen LogP contribution in [0.3, 0.4) is 0 Å². The van der Waals surface area contributed by atoms with Gasteiger partial charge in [0.25, 0.3) is 6.71 Å².